The fraction of sp³-hybridized carbons (Fsp3) is 0.174. The van der Waals surface area contributed by atoms with Crippen molar-refractivity contribution in [2.45, 2.75) is 18.4 Å². The highest BCUT2D eigenvalue weighted by Crippen LogP contribution is 2.26. The Morgan fingerprint density at radius 1 is 0.935 bits per heavy atom. The zero-order chi connectivity index (χ0) is 22.6. The number of amides is 1. The summed E-state index contributed by atoms with van der Waals surface area (Å²) >= 11 is 12.3. The number of para-hydroxylation sites is 1. The lowest BCUT2D eigenvalue weighted by Crippen LogP contribution is -2.41. The van der Waals surface area contributed by atoms with Crippen LogP contribution in [0.5, 0.6) is 0 Å². The molecule has 0 atom stereocenters. The van der Waals surface area contributed by atoms with Crippen LogP contribution >= 0.6 is 23.2 Å². The summed E-state index contributed by atoms with van der Waals surface area (Å²) in [5.41, 5.74) is 2.16. The normalized spacial score (nSPS) is 11.5. The molecule has 8 heteroatoms. The summed E-state index contributed by atoms with van der Waals surface area (Å²) in [7, 11) is -2.34. The van der Waals surface area contributed by atoms with Gasteiger partial charge in [0, 0.05) is 29.3 Å². The zero-order valence-corrected chi connectivity index (χ0v) is 19.5. The van der Waals surface area contributed by atoms with Gasteiger partial charge < -0.3 is 4.90 Å². The lowest BCUT2D eigenvalue weighted by atomic mass is 10.2. The van der Waals surface area contributed by atoms with E-state index >= 15 is 0 Å². The van der Waals surface area contributed by atoms with Gasteiger partial charge in [-0.1, -0.05) is 65.2 Å². The molecule has 162 valence electrons. The number of carbonyl (C=O) groups excluding carboxylic acids is 1. The lowest BCUT2D eigenvalue weighted by molar-refractivity contribution is -0.118. The van der Waals surface area contributed by atoms with Gasteiger partial charge in [-0.25, -0.2) is 8.42 Å². The molecule has 0 spiro atoms. The average Bonchev–Trinajstić information content (AvgIpc) is 2.75. The lowest BCUT2D eigenvalue weighted by Gasteiger charge is -2.25. The van der Waals surface area contributed by atoms with E-state index in [1.807, 2.05) is 25.1 Å². The van der Waals surface area contributed by atoms with E-state index in [1.54, 1.807) is 49.5 Å². The maximum absolute atomic E-state index is 13.4. The Bertz CT molecular complexity index is 1170. The summed E-state index contributed by atoms with van der Waals surface area (Å²) in [5, 5.41) is 0.780. The molecule has 1 amide bonds. The van der Waals surface area contributed by atoms with Gasteiger partial charge in [-0.05, 0) is 48.9 Å². The van der Waals surface area contributed by atoms with Crippen LogP contribution in [0, 0.1) is 6.92 Å². The summed E-state index contributed by atoms with van der Waals surface area (Å²) in [6, 6.07) is 20.4. The fourth-order valence-corrected chi connectivity index (χ4v) is 4.81. The van der Waals surface area contributed by atoms with Gasteiger partial charge in [0.15, 0.2) is 0 Å². The van der Waals surface area contributed by atoms with Gasteiger partial charge in [-0.15, -0.1) is 0 Å². The van der Waals surface area contributed by atoms with Gasteiger partial charge in [-0.2, -0.15) is 4.31 Å². The Morgan fingerprint density at radius 2 is 1.58 bits per heavy atom. The second-order valence-electron chi connectivity index (χ2n) is 7.11. The fourth-order valence-electron chi connectivity index (χ4n) is 2.98. The molecule has 0 saturated heterocycles. The van der Waals surface area contributed by atoms with Crippen molar-refractivity contribution in [2.75, 3.05) is 18.5 Å². The summed E-state index contributed by atoms with van der Waals surface area (Å²) in [6.45, 7) is 1.46. The summed E-state index contributed by atoms with van der Waals surface area (Å²) in [6.07, 6.45) is 0. The SMILES string of the molecule is Cc1ccc(S(=O)(=O)N(CC(=O)N(C)c2ccccc2)Cc2ccc(Cl)cc2Cl)cc1. The minimum absolute atomic E-state index is 0.0689. The minimum atomic E-state index is -3.96. The van der Waals surface area contributed by atoms with Crippen LogP contribution in [0.2, 0.25) is 10.0 Å². The molecule has 0 fully saturated rings. The molecule has 0 aromatic heterocycles. The number of anilines is 1. The maximum atomic E-state index is 13.4. The van der Waals surface area contributed by atoms with Gasteiger partial charge in [0.1, 0.15) is 0 Å². The highest BCUT2D eigenvalue weighted by molar-refractivity contribution is 7.89. The standard InChI is InChI=1S/C23H22Cl2N2O3S/c1-17-8-12-21(13-9-17)31(29,30)27(15-18-10-11-19(24)14-22(18)25)16-23(28)26(2)20-6-4-3-5-7-20/h3-14H,15-16H2,1-2H3. The number of halogens is 2. The van der Waals surface area contributed by atoms with E-state index in [0.717, 1.165) is 9.87 Å². The first-order valence-electron chi connectivity index (χ1n) is 9.51. The van der Waals surface area contributed by atoms with Crippen molar-refractivity contribution in [3.63, 3.8) is 0 Å². The van der Waals surface area contributed by atoms with Crippen molar-refractivity contribution in [3.05, 3.63) is 94.0 Å². The Labute approximate surface area is 192 Å². The van der Waals surface area contributed by atoms with Gasteiger partial charge in [0.2, 0.25) is 15.9 Å². The van der Waals surface area contributed by atoms with Crippen molar-refractivity contribution in [3.8, 4) is 0 Å². The predicted octanol–water partition coefficient (Wildman–Crippen LogP) is 5.16. The first kappa shape index (κ1) is 23.3. The van der Waals surface area contributed by atoms with Crippen molar-refractivity contribution in [2.24, 2.45) is 0 Å². The van der Waals surface area contributed by atoms with Gasteiger partial charge >= 0.3 is 0 Å². The molecule has 0 unspecified atom stereocenters. The van der Waals surface area contributed by atoms with E-state index in [4.69, 9.17) is 23.2 Å². The minimum Gasteiger partial charge on any atom is -0.314 e. The van der Waals surface area contributed by atoms with Crippen molar-refractivity contribution >= 4 is 44.8 Å². The monoisotopic (exact) mass is 476 g/mol. The summed E-state index contributed by atoms with van der Waals surface area (Å²) in [5.74, 6) is -0.369. The van der Waals surface area contributed by atoms with E-state index in [0.29, 0.717) is 21.3 Å². The number of sulfonamides is 1. The first-order chi connectivity index (χ1) is 14.7. The predicted molar refractivity (Wildman–Crippen MR) is 125 cm³/mol. The molecule has 31 heavy (non-hydrogen) atoms. The van der Waals surface area contributed by atoms with Crippen LogP contribution < -0.4 is 4.90 Å². The van der Waals surface area contributed by atoms with E-state index in [-0.39, 0.29) is 23.9 Å². The van der Waals surface area contributed by atoms with Gasteiger partial charge in [0.05, 0.1) is 11.4 Å². The number of carbonyl (C=O) groups is 1. The van der Waals surface area contributed by atoms with E-state index in [2.05, 4.69) is 0 Å². The smallest absolute Gasteiger partial charge is 0.243 e. The average molecular weight is 477 g/mol. The van der Waals surface area contributed by atoms with E-state index in [1.165, 1.54) is 17.0 Å². The molecule has 0 aliphatic carbocycles. The molecule has 5 nitrogen and oxygen atoms in total. The highest BCUT2D eigenvalue weighted by atomic mass is 35.5. The third-order valence-corrected chi connectivity index (χ3v) is 7.24. The second-order valence-corrected chi connectivity index (χ2v) is 9.89. The Hall–Kier alpha value is -2.38. The molecular formula is C23H22Cl2N2O3S. The number of benzene rings is 3. The van der Waals surface area contributed by atoms with Crippen LogP contribution in [0.1, 0.15) is 11.1 Å². The topological polar surface area (TPSA) is 57.7 Å². The van der Waals surface area contributed by atoms with Crippen LogP contribution in [-0.4, -0.2) is 32.2 Å². The molecule has 0 aliphatic rings. The summed E-state index contributed by atoms with van der Waals surface area (Å²) < 4.78 is 27.9. The molecule has 0 saturated carbocycles. The van der Waals surface area contributed by atoms with Crippen LogP contribution in [0.4, 0.5) is 5.69 Å². The third-order valence-electron chi connectivity index (χ3n) is 4.85. The molecule has 3 rings (SSSR count). The Morgan fingerprint density at radius 3 is 2.19 bits per heavy atom. The van der Waals surface area contributed by atoms with Crippen LogP contribution in [0.25, 0.3) is 0 Å². The number of hydrogen-bond acceptors (Lipinski definition) is 3. The third kappa shape index (κ3) is 5.66. The Balaban J connectivity index is 1.95. The molecule has 3 aromatic rings. The quantitative estimate of drug-likeness (QED) is 0.473. The second kappa shape index (κ2) is 9.83. The number of likely N-dealkylation sites (N-methyl/N-ethyl adjacent to an activating group) is 1. The van der Waals surface area contributed by atoms with Gasteiger partial charge in [0.25, 0.3) is 0 Å². The number of aryl methyl sites for hydroxylation is 1. The largest absolute Gasteiger partial charge is 0.314 e. The highest BCUT2D eigenvalue weighted by Gasteiger charge is 2.29. The molecule has 0 bridgehead atoms. The molecular weight excluding hydrogens is 455 g/mol. The molecule has 0 N–H and O–H groups in total. The molecule has 0 heterocycles. The first-order valence-corrected chi connectivity index (χ1v) is 11.7. The van der Waals surface area contributed by atoms with Crippen molar-refractivity contribution in [1.82, 2.24) is 4.31 Å². The van der Waals surface area contributed by atoms with Crippen molar-refractivity contribution < 1.29 is 13.2 Å². The van der Waals surface area contributed by atoms with Gasteiger partial charge in [-0.3, -0.25) is 4.79 Å². The molecule has 0 aliphatic heterocycles. The Kier molecular flexibility index (Phi) is 7.38. The van der Waals surface area contributed by atoms with Crippen LogP contribution in [0.15, 0.2) is 77.7 Å². The maximum Gasteiger partial charge on any atom is 0.243 e. The van der Waals surface area contributed by atoms with Crippen LogP contribution in [0.3, 0.4) is 0 Å². The van der Waals surface area contributed by atoms with Crippen LogP contribution in [-0.2, 0) is 21.4 Å². The summed E-state index contributed by atoms with van der Waals surface area (Å²) in [4.78, 5) is 14.5. The van der Waals surface area contributed by atoms with E-state index in [9.17, 15) is 13.2 Å². The number of nitrogens with zero attached hydrogens (tertiary/aromatic N) is 2. The van der Waals surface area contributed by atoms with Crippen molar-refractivity contribution in [1.29, 1.82) is 0 Å². The number of hydrogen-bond donors (Lipinski definition) is 0. The zero-order valence-electron chi connectivity index (χ0n) is 17.1. The molecule has 0 radical (unpaired) electrons. The van der Waals surface area contributed by atoms with E-state index < -0.39 is 10.0 Å². The number of rotatable bonds is 7. The molecule has 3 aromatic carbocycles.